The highest BCUT2D eigenvalue weighted by atomic mass is 35.5. The Morgan fingerprint density at radius 3 is 2.28 bits per heavy atom. The molecule has 4 atom stereocenters. The minimum absolute atomic E-state index is 0.0302. The molecule has 5 N–H and O–H groups in total. The molecule has 4 amide bonds. The lowest BCUT2D eigenvalue weighted by molar-refractivity contribution is -0.144. The third-order valence-corrected chi connectivity index (χ3v) is 13.3. The highest BCUT2D eigenvalue weighted by Gasteiger charge is 2.44. The second-order valence-electron chi connectivity index (χ2n) is 18.5. The molecule has 2 aliphatic rings. The number of thiazole rings is 1. The minimum atomic E-state index is -0.985. The number of carbonyl (C=O) groups is 4. The summed E-state index contributed by atoms with van der Waals surface area (Å²) in [5.41, 5.74) is 7.22. The van der Waals surface area contributed by atoms with E-state index in [-0.39, 0.29) is 77.4 Å². The van der Waals surface area contributed by atoms with Crippen LogP contribution in [0.15, 0.2) is 77.2 Å². The first-order valence-corrected chi connectivity index (χ1v) is 25.1. The standard InChI is InChI=1S/C51H63ClN10O9S/c1-31-45(72-30-56-31)35-9-7-33(8-10-35)27-55-49(66)41-25-37(63)28-61(41)50(67)46(51(3,4)5)57-43(65)29-71-24-23-70-22-21-69-20-19-53-42(64)17-18-54-47-48-60-59-32(2)62(48)40-16-15-38(68-6)26-39(40)44(58-47)34-11-13-36(52)14-12-34/h7-16,26,30,37,41,46-47,54,63H,17-25,27-29H2,1-6H3,(H,53,64)(H,55,66)(H,57,65)/t37-,41+,46-,47?/m1/s1. The largest absolute Gasteiger partial charge is 0.497 e. The molecule has 72 heavy (non-hydrogen) atoms. The molecular weight excluding hydrogens is 964 g/mol. The Kier molecular flexibility index (Phi) is 18.6. The lowest BCUT2D eigenvalue weighted by Crippen LogP contribution is -2.58. The first-order chi connectivity index (χ1) is 34.6. The first-order valence-electron chi connectivity index (χ1n) is 23.8. The molecule has 1 unspecified atom stereocenters. The predicted molar refractivity (Wildman–Crippen MR) is 272 cm³/mol. The number of aliphatic imine (C=N–C) groups is 1. The van der Waals surface area contributed by atoms with Crippen molar-refractivity contribution in [1.29, 1.82) is 0 Å². The van der Waals surface area contributed by atoms with Crippen molar-refractivity contribution in [3.8, 4) is 21.9 Å². The Labute approximate surface area is 428 Å². The summed E-state index contributed by atoms with van der Waals surface area (Å²) >= 11 is 7.79. The lowest BCUT2D eigenvalue weighted by atomic mass is 9.85. The van der Waals surface area contributed by atoms with E-state index < -0.39 is 41.6 Å². The molecule has 0 aliphatic carbocycles. The summed E-state index contributed by atoms with van der Waals surface area (Å²) in [5.74, 6) is 0.435. The van der Waals surface area contributed by atoms with Crippen molar-refractivity contribution in [1.82, 2.24) is 45.9 Å². The number of halogens is 1. The highest BCUT2D eigenvalue weighted by molar-refractivity contribution is 7.13. The third-order valence-electron chi connectivity index (χ3n) is 12.1. The monoisotopic (exact) mass is 1030 g/mol. The van der Waals surface area contributed by atoms with E-state index in [2.05, 4.69) is 36.4 Å². The quantitative estimate of drug-likeness (QED) is 0.0570. The van der Waals surface area contributed by atoms with E-state index in [0.717, 1.165) is 38.5 Å². The Morgan fingerprint density at radius 1 is 0.875 bits per heavy atom. The molecule has 7 rings (SSSR count). The molecular formula is C51H63ClN10O9S. The molecule has 0 saturated carbocycles. The van der Waals surface area contributed by atoms with Crippen LogP contribution in [0.5, 0.6) is 5.75 Å². The van der Waals surface area contributed by atoms with Gasteiger partial charge in [0.05, 0.1) is 73.7 Å². The molecule has 0 spiro atoms. The van der Waals surface area contributed by atoms with Gasteiger partial charge in [0.1, 0.15) is 30.3 Å². The van der Waals surface area contributed by atoms with Crippen LogP contribution in [0.2, 0.25) is 5.02 Å². The number of aromatic nitrogens is 4. The number of aliphatic hydroxyl groups is 1. The van der Waals surface area contributed by atoms with Crippen LogP contribution >= 0.6 is 22.9 Å². The predicted octanol–water partition coefficient (Wildman–Crippen LogP) is 4.47. The van der Waals surface area contributed by atoms with E-state index in [1.807, 2.05) is 106 Å². The van der Waals surface area contributed by atoms with Crippen LogP contribution in [0.4, 0.5) is 0 Å². The number of carbonyl (C=O) groups excluding carboxylic acids is 4. The molecule has 5 aromatic rings. The van der Waals surface area contributed by atoms with Gasteiger partial charge in [0.2, 0.25) is 23.6 Å². The molecule has 384 valence electrons. The number of amides is 4. The van der Waals surface area contributed by atoms with E-state index in [4.69, 9.17) is 35.5 Å². The number of nitrogens with zero attached hydrogens (tertiary/aromatic N) is 6. The number of hydrogen-bond acceptors (Lipinski definition) is 15. The molecule has 1 saturated heterocycles. The number of fused-ring (bicyclic) bond motifs is 3. The van der Waals surface area contributed by atoms with Crippen LogP contribution in [-0.4, -0.2) is 144 Å². The van der Waals surface area contributed by atoms with E-state index in [9.17, 15) is 24.3 Å². The maximum atomic E-state index is 14.0. The Hall–Kier alpha value is -6.13. The maximum Gasteiger partial charge on any atom is 0.246 e. The van der Waals surface area contributed by atoms with Crippen LogP contribution in [0.1, 0.15) is 73.8 Å². The van der Waals surface area contributed by atoms with Crippen molar-refractivity contribution in [3.05, 3.63) is 111 Å². The number of ether oxygens (including phenoxy) is 4. The molecule has 19 nitrogen and oxygen atoms in total. The SMILES string of the molecule is COc1ccc2c(c1)C(c1ccc(Cl)cc1)=NC(NCCC(=O)NCCOCCOCCOCC(=O)N[C@H](C(=O)N1C[C@H](O)C[C@H]1C(=O)NCc1ccc(-c3scnc3C)cc1)C(C)(C)C)c1nnc(C)n1-2. The summed E-state index contributed by atoms with van der Waals surface area (Å²) in [6, 6.07) is 19.2. The Bertz CT molecular complexity index is 2690. The van der Waals surface area contributed by atoms with Crippen LogP contribution in [0.3, 0.4) is 0 Å². The average Bonchev–Trinajstić information content (AvgIpc) is 4.07. The van der Waals surface area contributed by atoms with E-state index >= 15 is 0 Å². The Morgan fingerprint density at radius 2 is 1.58 bits per heavy atom. The zero-order valence-corrected chi connectivity index (χ0v) is 43.0. The van der Waals surface area contributed by atoms with Gasteiger partial charge < -0.3 is 44.9 Å². The number of aryl methyl sites for hydroxylation is 2. The molecule has 21 heteroatoms. The zero-order valence-electron chi connectivity index (χ0n) is 41.4. The molecule has 2 aliphatic heterocycles. The number of rotatable bonds is 23. The van der Waals surface area contributed by atoms with Crippen molar-refractivity contribution >= 4 is 52.3 Å². The molecule has 3 aromatic carbocycles. The summed E-state index contributed by atoms with van der Waals surface area (Å²) < 4.78 is 24.3. The fourth-order valence-corrected chi connectivity index (χ4v) is 9.31. The molecule has 2 aromatic heterocycles. The van der Waals surface area contributed by atoms with Crippen LogP contribution in [0.25, 0.3) is 16.1 Å². The third kappa shape index (κ3) is 13.9. The van der Waals surface area contributed by atoms with Crippen molar-refractivity contribution in [2.75, 3.05) is 66.4 Å². The topological polar surface area (TPSA) is 233 Å². The van der Waals surface area contributed by atoms with Crippen molar-refractivity contribution in [2.45, 2.75) is 78.4 Å². The highest BCUT2D eigenvalue weighted by Crippen LogP contribution is 2.33. The summed E-state index contributed by atoms with van der Waals surface area (Å²) in [6.07, 6.45) is -1.23. The minimum Gasteiger partial charge on any atom is -0.497 e. The molecule has 0 radical (unpaired) electrons. The summed E-state index contributed by atoms with van der Waals surface area (Å²) in [6.45, 7) is 11.0. The molecule has 1 fully saturated rings. The second kappa shape index (κ2) is 25.0. The van der Waals surface area contributed by atoms with Crippen molar-refractivity contribution in [3.63, 3.8) is 0 Å². The van der Waals surface area contributed by atoms with Gasteiger partial charge in [-0.25, -0.2) is 4.98 Å². The maximum absolute atomic E-state index is 14.0. The van der Waals surface area contributed by atoms with E-state index in [1.165, 1.54) is 4.90 Å². The molecule has 0 bridgehead atoms. The van der Waals surface area contributed by atoms with Gasteiger partial charge in [0.15, 0.2) is 12.0 Å². The number of benzene rings is 3. The fraction of sp³-hybridized carbons (Fsp3) is 0.451. The lowest BCUT2D eigenvalue weighted by Gasteiger charge is -2.35. The van der Waals surface area contributed by atoms with Gasteiger partial charge in [-0.3, -0.25) is 34.1 Å². The van der Waals surface area contributed by atoms with E-state index in [0.29, 0.717) is 41.2 Å². The van der Waals surface area contributed by atoms with Crippen LogP contribution in [0, 0.1) is 19.3 Å². The number of β-amino-alcohol motifs (C(OH)–C–C–N with tert-alkyl or cyclic N) is 1. The van der Waals surface area contributed by atoms with Gasteiger partial charge in [-0.15, -0.1) is 21.5 Å². The number of aliphatic hydroxyl groups excluding tert-OH is 1. The van der Waals surface area contributed by atoms with Gasteiger partial charge >= 0.3 is 0 Å². The van der Waals surface area contributed by atoms with E-state index in [1.54, 1.807) is 24.0 Å². The first kappa shape index (κ1) is 53.7. The fourth-order valence-electron chi connectivity index (χ4n) is 8.37. The molecule has 4 heterocycles. The van der Waals surface area contributed by atoms with Crippen LogP contribution < -0.4 is 26.0 Å². The summed E-state index contributed by atoms with van der Waals surface area (Å²) in [5, 5.41) is 31.9. The van der Waals surface area contributed by atoms with Crippen molar-refractivity contribution in [2.24, 2.45) is 10.4 Å². The number of nitrogens with one attached hydrogen (secondary N) is 4. The average molecular weight is 1030 g/mol. The number of likely N-dealkylation sites (tertiary alicyclic amines) is 1. The van der Waals surface area contributed by atoms with Crippen LogP contribution in [-0.2, 0) is 39.9 Å². The van der Waals surface area contributed by atoms with Crippen molar-refractivity contribution < 1.29 is 43.2 Å². The zero-order chi connectivity index (χ0) is 51.4. The van der Waals surface area contributed by atoms with Gasteiger partial charge in [-0.1, -0.05) is 68.8 Å². The second-order valence-corrected chi connectivity index (χ2v) is 19.8. The summed E-state index contributed by atoms with van der Waals surface area (Å²) in [4.78, 5) is 65.1. The summed E-state index contributed by atoms with van der Waals surface area (Å²) in [7, 11) is 1.62. The Balaban J connectivity index is 0.771. The van der Waals surface area contributed by atoms with Gasteiger partial charge in [-0.2, -0.15) is 0 Å². The van der Waals surface area contributed by atoms with Gasteiger partial charge in [0.25, 0.3) is 0 Å². The number of methoxy groups -OCH3 is 1. The van der Waals surface area contributed by atoms with Gasteiger partial charge in [0, 0.05) is 55.2 Å². The number of hydrogen-bond donors (Lipinski definition) is 5. The van der Waals surface area contributed by atoms with Gasteiger partial charge in [-0.05, 0) is 60.7 Å². The normalized spacial score (nSPS) is 16.8. The smallest absolute Gasteiger partial charge is 0.246 e.